The lowest BCUT2D eigenvalue weighted by atomic mass is 10.1. The van der Waals surface area contributed by atoms with Gasteiger partial charge in [0.05, 0.1) is 38.5 Å². The fourth-order valence-electron chi connectivity index (χ4n) is 3.27. The lowest BCUT2D eigenvalue weighted by Crippen LogP contribution is -2.40. The number of nitrogens with one attached hydrogen (secondary N) is 1. The normalized spacial score (nSPS) is 14.9. The number of carbonyl (C=O) groups is 1. The monoisotopic (exact) mass is 461 g/mol. The summed E-state index contributed by atoms with van der Waals surface area (Å²) in [4.78, 5) is 12.4. The number of nitrogens with zero attached hydrogens (tertiary/aromatic N) is 2. The summed E-state index contributed by atoms with van der Waals surface area (Å²) in [5.74, 6) is 0.843. The Kier molecular flexibility index (Phi) is 8.20. The Balaban J connectivity index is 1.53. The van der Waals surface area contributed by atoms with Gasteiger partial charge in [-0.1, -0.05) is 18.2 Å². The number of carbonyl (C=O) groups excluding carboxylic acids is 1. The van der Waals surface area contributed by atoms with E-state index in [-0.39, 0.29) is 17.2 Å². The van der Waals surface area contributed by atoms with Gasteiger partial charge in [-0.05, 0) is 36.2 Å². The standard InChI is InChI=1S/C22H27N3O6S/c1-29-20-5-3-4-18(22(20)30-2)16-23-24-21(26)11-8-17-6-9-19(10-7-17)32(27,28)25-12-14-31-15-13-25/h3-7,9-10,16H,8,11-15H2,1-2H3,(H,24,26). The summed E-state index contributed by atoms with van der Waals surface area (Å²) in [6.45, 7) is 1.51. The van der Waals surface area contributed by atoms with Crippen molar-refractivity contribution in [3.05, 3.63) is 53.6 Å². The van der Waals surface area contributed by atoms with E-state index in [1.54, 1.807) is 49.6 Å². The molecule has 1 fully saturated rings. The molecule has 1 N–H and O–H groups in total. The van der Waals surface area contributed by atoms with Crippen LogP contribution in [-0.2, 0) is 26.0 Å². The van der Waals surface area contributed by atoms with Crippen molar-refractivity contribution in [2.75, 3.05) is 40.5 Å². The van der Waals surface area contributed by atoms with Gasteiger partial charge in [-0.3, -0.25) is 4.79 Å². The minimum absolute atomic E-state index is 0.210. The fraction of sp³-hybridized carbons (Fsp3) is 0.364. The van der Waals surface area contributed by atoms with Crippen molar-refractivity contribution in [2.24, 2.45) is 5.10 Å². The van der Waals surface area contributed by atoms with Crippen LogP contribution in [0.2, 0.25) is 0 Å². The Labute approximate surface area is 188 Å². The minimum atomic E-state index is -3.52. The maximum absolute atomic E-state index is 12.7. The maximum atomic E-state index is 12.7. The maximum Gasteiger partial charge on any atom is 0.243 e. The molecular formula is C22H27N3O6S. The fourth-order valence-corrected chi connectivity index (χ4v) is 4.67. The predicted molar refractivity (Wildman–Crippen MR) is 120 cm³/mol. The molecule has 172 valence electrons. The molecule has 3 rings (SSSR count). The number of hydrogen-bond donors (Lipinski definition) is 1. The molecule has 1 heterocycles. The highest BCUT2D eigenvalue weighted by Gasteiger charge is 2.26. The van der Waals surface area contributed by atoms with Gasteiger partial charge >= 0.3 is 0 Å². The van der Waals surface area contributed by atoms with Gasteiger partial charge in [-0.15, -0.1) is 0 Å². The molecule has 0 atom stereocenters. The summed E-state index contributed by atoms with van der Waals surface area (Å²) in [6, 6.07) is 12.0. The third-order valence-corrected chi connectivity index (χ3v) is 6.91. The number of amides is 1. The second-order valence-corrected chi connectivity index (χ2v) is 8.97. The highest BCUT2D eigenvalue weighted by atomic mass is 32.2. The summed E-state index contributed by atoms with van der Waals surface area (Å²) < 4.78 is 42.5. The van der Waals surface area contributed by atoms with Gasteiger partial charge in [0.15, 0.2) is 11.5 Å². The Morgan fingerprint density at radius 2 is 1.84 bits per heavy atom. The number of para-hydroxylation sites is 1. The van der Waals surface area contributed by atoms with Crippen LogP contribution < -0.4 is 14.9 Å². The van der Waals surface area contributed by atoms with E-state index in [0.29, 0.717) is 49.8 Å². The topological polar surface area (TPSA) is 107 Å². The van der Waals surface area contributed by atoms with E-state index in [2.05, 4.69) is 10.5 Å². The predicted octanol–water partition coefficient (Wildman–Crippen LogP) is 1.81. The van der Waals surface area contributed by atoms with E-state index in [1.165, 1.54) is 17.6 Å². The molecule has 0 aliphatic carbocycles. The van der Waals surface area contributed by atoms with Gasteiger partial charge in [-0.25, -0.2) is 13.8 Å². The summed E-state index contributed by atoms with van der Waals surface area (Å²) in [5.41, 5.74) is 4.02. The van der Waals surface area contributed by atoms with Crippen LogP contribution in [0.4, 0.5) is 0 Å². The molecule has 32 heavy (non-hydrogen) atoms. The molecule has 0 bridgehead atoms. The molecule has 1 aliphatic heterocycles. The van der Waals surface area contributed by atoms with Crippen LogP contribution in [0.25, 0.3) is 0 Å². The number of ether oxygens (including phenoxy) is 3. The summed E-state index contributed by atoms with van der Waals surface area (Å²) in [6.07, 6.45) is 2.16. The number of benzene rings is 2. The number of methoxy groups -OCH3 is 2. The van der Waals surface area contributed by atoms with Crippen molar-refractivity contribution in [1.82, 2.24) is 9.73 Å². The smallest absolute Gasteiger partial charge is 0.243 e. The number of aryl methyl sites for hydroxylation is 1. The molecule has 2 aromatic rings. The van der Waals surface area contributed by atoms with Gasteiger partial charge in [0.25, 0.3) is 0 Å². The molecule has 0 aromatic heterocycles. The van der Waals surface area contributed by atoms with E-state index in [4.69, 9.17) is 14.2 Å². The van der Waals surface area contributed by atoms with E-state index < -0.39 is 10.0 Å². The molecule has 1 amide bonds. The highest BCUT2D eigenvalue weighted by Crippen LogP contribution is 2.29. The molecule has 0 unspecified atom stereocenters. The highest BCUT2D eigenvalue weighted by molar-refractivity contribution is 7.89. The molecule has 0 saturated carbocycles. The SMILES string of the molecule is COc1cccc(C=NNC(=O)CCc2ccc(S(=O)(=O)N3CCOCC3)cc2)c1OC. The van der Waals surface area contributed by atoms with Crippen molar-refractivity contribution < 1.29 is 27.4 Å². The second-order valence-electron chi connectivity index (χ2n) is 7.04. The third kappa shape index (κ3) is 5.84. The van der Waals surface area contributed by atoms with Crippen LogP contribution in [0.5, 0.6) is 11.5 Å². The van der Waals surface area contributed by atoms with Crippen molar-refractivity contribution in [3.63, 3.8) is 0 Å². The van der Waals surface area contributed by atoms with E-state index in [0.717, 1.165) is 5.56 Å². The van der Waals surface area contributed by atoms with Gasteiger partial charge in [0.2, 0.25) is 15.9 Å². The van der Waals surface area contributed by atoms with Crippen LogP contribution in [-0.4, -0.2) is 65.4 Å². The zero-order chi connectivity index (χ0) is 23.0. The van der Waals surface area contributed by atoms with Crippen molar-refractivity contribution in [1.29, 1.82) is 0 Å². The lowest BCUT2D eigenvalue weighted by molar-refractivity contribution is -0.121. The van der Waals surface area contributed by atoms with Crippen LogP contribution in [0.3, 0.4) is 0 Å². The molecule has 10 heteroatoms. The Bertz CT molecular complexity index is 1050. The Hall–Kier alpha value is -2.95. The van der Waals surface area contributed by atoms with Gasteiger partial charge in [0, 0.05) is 25.1 Å². The zero-order valence-corrected chi connectivity index (χ0v) is 18.9. The van der Waals surface area contributed by atoms with Crippen LogP contribution >= 0.6 is 0 Å². The van der Waals surface area contributed by atoms with Crippen LogP contribution in [0.15, 0.2) is 52.5 Å². The van der Waals surface area contributed by atoms with Gasteiger partial charge in [0.1, 0.15) is 0 Å². The molecular weight excluding hydrogens is 434 g/mol. The van der Waals surface area contributed by atoms with Crippen LogP contribution in [0.1, 0.15) is 17.5 Å². The number of hydrazone groups is 1. The molecule has 0 radical (unpaired) electrons. The Morgan fingerprint density at radius 3 is 2.50 bits per heavy atom. The van der Waals surface area contributed by atoms with Gasteiger partial charge < -0.3 is 14.2 Å². The van der Waals surface area contributed by atoms with Crippen molar-refractivity contribution in [2.45, 2.75) is 17.7 Å². The second kappa shape index (κ2) is 11.1. The molecule has 1 saturated heterocycles. The quantitative estimate of drug-likeness (QED) is 0.451. The average molecular weight is 462 g/mol. The summed E-state index contributed by atoms with van der Waals surface area (Å²) >= 11 is 0. The molecule has 1 aliphatic rings. The van der Waals surface area contributed by atoms with E-state index in [1.807, 2.05) is 0 Å². The van der Waals surface area contributed by atoms with Crippen molar-refractivity contribution in [3.8, 4) is 11.5 Å². The number of sulfonamides is 1. The average Bonchev–Trinajstić information content (AvgIpc) is 2.83. The number of morpholine rings is 1. The molecule has 9 nitrogen and oxygen atoms in total. The first-order valence-corrected chi connectivity index (χ1v) is 11.6. The van der Waals surface area contributed by atoms with E-state index in [9.17, 15) is 13.2 Å². The largest absolute Gasteiger partial charge is 0.493 e. The summed E-state index contributed by atoms with van der Waals surface area (Å²) in [5, 5.41) is 3.98. The molecule has 2 aromatic carbocycles. The lowest BCUT2D eigenvalue weighted by Gasteiger charge is -2.26. The van der Waals surface area contributed by atoms with Crippen LogP contribution in [0, 0.1) is 0 Å². The number of rotatable bonds is 9. The first-order valence-electron chi connectivity index (χ1n) is 10.2. The molecule has 0 spiro atoms. The van der Waals surface area contributed by atoms with Crippen molar-refractivity contribution >= 4 is 22.1 Å². The van der Waals surface area contributed by atoms with E-state index >= 15 is 0 Å². The first kappa shape index (κ1) is 23.7. The first-order chi connectivity index (χ1) is 15.5. The zero-order valence-electron chi connectivity index (χ0n) is 18.1. The Morgan fingerprint density at radius 1 is 1.12 bits per heavy atom. The van der Waals surface area contributed by atoms with Gasteiger partial charge in [-0.2, -0.15) is 9.41 Å². The number of hydrogen-bond acceptors (Lipinski definition) is 7. The third-order valence-electron chi connectivity index (χ3n) is 5.00. The summed E-state index contributed by atoms with van der Waals surface area (Å²) in [7, 11) is -0.444. The minimum Gasteiger partial charge on any atom is -0.493 e.